The van der Waals surface area contributed by atoms with E-state index in [-0.39, 0.29) is 30.5 Å². The molecule has 0 radical (unpaired) electrons. The van der Waals surface area contributed by atoms with Gasteiger partial charge in [-0.15, -0.1) is 12.4 Å². The van der Waals surface area contributed by atoms with Crippen molar-refractivity contribution in [2.24, 2.45) is 11.7 Å². The smallest absolute Gasteiger partial charge is 0.224 e. The highest BCUT2D eigenvalue weighted by Gasteiger charge is 2.23. The molecule has 0 saturated carbocycles. The predicted molar refractivity (Wildman–Crippen MR) is 75.9 cm³/mol. The third kappa shape index (κ3) is 6.57. The fraction of sp³-hybridized carbons (Fsp3) is 0.923. The minimum atomic E-state index is 0. The third-order valence-electron chi connectivity index (χ3n) is 3.10. The molecule has 1 unspecified atom stereocenters. The summed E-state index contributed by atoms with van der Waals surface area (Å²) in [5.41, 5.74) is 5.77. The highest BCUT2D eigenvalue weighted by molar-refractivity contribution is 5.85. The lowest BCUT2D eigenvalue weighted by Crippen LogP contribution is -2.32. The lowest BCUT2D eigenvalue weighted by atomic mass is 10.1. The van der Waals surface area contributed by atoms with Crippen LogP contribution in [0.1, 0.15) is 40.0 Å². The van der Waals surface area contributed by atoms with E-state index >= 15 is 0 Å². The van der Waals surface area contributed by atoms with Crippen LogP contribution in [0.15, 0.2) is 0 Å². The second-order valence-electron chi connectivity index (χ2n) is 5.45. The van der Waals surface area contributed by atoms with E-state index in [1.54, 1.807) is 0 Å². The Kier molecular flexibility index (Phi) is 8.57. The van der Waals surface area contributed by atoms with Gasteiger partial charge in [0.05, 0.1) is 19.1 Å². The molecular formula is C13H27ClN2O2. The molecule has 1 amide bonds. The van der Waals surface area contributed by atoms with Crippen molar-refractivity contribution in [3.63, 3.8) is 0 Å². The standard InChI is InChI=1S/C13H26N2O2.ClH/c1-10(2)8-11(3)17-7-5-13(16)15-6-4-12(14)9-15;/h10-12H,4-9,14H2,1-3H3;1H/t11?,12-;/m1./s1. The largest absolute Gasteiger partial charge is 0.378 e. The molecular weight excluding hydrogens is 252 g/mol. The lowest BCUT2D eigenvalue weighted by molar-refractivity contribution is -0.131. The minimum Gasteiger partial charge on any atom is -0.378 e. The molecule has 108 valence electrons. The average Bonchev–Trinajstić information content (AvgIpc) is 2.63. The summed E-state index contributed by atoms with van der Waals surface area (Å²) in [5, 5.41) is 0. The molecule has 0 spiro atoms. The maximum Gasteiger partial charge on any atom is 0.224 e. The van der Waals surface area contributed by atoms with Crippen LogP contribution in [0.4, 0.5) is 0 Å². The van der Waals surface area contributed by atoms with Crippen LogP contribution < -0.4 is 5.73 Å². The van der Waals surface area contributed by atoms with Crippen LogP contribution in [0.2, 0.25) is 0 Å². The highest BCUT2D eigenvalue weighted by Crippen LogP contribution is 2.10. The SMILES string of the molecule is CC(C)CC(C)OCCC(=O)N1CC[C@@H](N)C1.Cl. The zero-order valence-corrected chi connectivity index (χ0v) is 12.5. The van der Waals surface area contributed by atoms with Crippen molar-refractivity contribution in [1.82, 2.24) is 4.90 Å². The van der Waals surface area contributed by atoms with E-state index in [1.807, 2.05) is 4.90 Å². The summed E-state index contributed by atoms with van der Waals surface area (Å²) in [5.74, 6) is 0.812. The number of hydrogen-bond donors (Lipinski definition) is 1. The molecule has 0 bridgehead atoms. The number of amides is 1. The summed E-state index contributed by atoms with van der Waals surface area (Å²) in [6.45, 7) is 8.46. The number of nitrogens with zero attached hydrogens (tertiary/aromatic N) is 1. The molecule has 1 aliphatic rings. The fourth-order valence-corrected chi connectivity index (χ4v) is 2.25. The first-order valence-corrected chi connectivity index (χ1v) is 6.64. The van der Waals surface area contributed by atoms with Gasteiger partial charge < -0.3 is 15.4 Å². The van der Waals surface area contributed by atoms with Crippen molar-refractivity contribution >= 4 is 18.3 Å². The molecule has 4 nitrogen and oxygen atoms in total. The topological polar surface area (TPSA) is 55.6 Å². The van der Waals surface area contributed by atoms with E-state index in [0.29, 0.717) is 25.5 Å². The monoisotopic (exact) mass is 278 g/mol. The van der Waals surface area contributed by atoms with Crippen LogP contribution in [-0.4, -0.2) is 42.6 Å². The molecule has 0 aromatic heterocycles. The normalized spacial score (nSPS) is 20.9. The predicted octanol–water partition coefficient (Wildman–Crippen LogP) is 1.81. The van der Waals surface area contributed by atoms with Crippen LogP contribution in [0.25, 0.3) is 0 Å². The van der Waals surface area contributed by atoms with E-state index in [9.17, 15) is 4.79 Å². The van der Waals surface area contributed by atoms with Crippen LogP contribution in [0.3, 0.4) is 0 Å². The Labute approximate surface area is 117 Å². The molecule has 1 aliphatic heterocycles. The minimum absolute atomic E-state index is 0. The van der Waals surface area contributed by atoms with Gasteiger partial charge in [0.2, 0.25) is 5.91 Å². The van der Waals surface area contributed by atoms with Crippen LogP contribution in [0.5, 0.6) is 0 Å². The molecule has 2 N–H and O–H groups in total. The molecule has 5 heteroatoms. The van der Waals surface area contributed by atoms with Crippen molar-refractivity contribution in [3.8, 4) is 0 Å². The zero-order valence-electron chi connectivity index (χ0n) is 11.7. The molecule has 0 aromatic rings. The average molecular weight is 279 g/mol. The number of hydrogen-bond acceptors (Lipinski definition) is 3. The van der Waals surface area contributed by atoms with Gasteiger partial charge in [0.15, 0.2) is 0 Å². The molecule has 1 rings (SSSR count). The number of nitrogens with two attached hydrogens (primary N) is 1. The summed E-state index contributed by atoms with van der Waals surface area (Å²) in [4.78, 5) is 13.6. The van der Waals surface area contributed by atoms with Crippen molar-refractivity contribution in [3.05, 3.63) is 0 Å². The Bertz CT molecular complexity index is 249. The van der Waals surface area contributed by atoms with Crippen LogP contribution in [-0.2, 0) is 9.53 Å². The quantitative estimate of drug-likeness (QED) is 0.806. The van der Waals surface area contributed by atoms with E-state index < -0.39 is 0 Å². The Hall–Kier alpha value is -0.320. The summed E-state index contributed by atoms with van der Waals surface area (Å²) in [6, 6.07) is 0.166. The first-order chi connectivity index (χ1) is 7.99. The Morgan fingerprint density at radius 2 is 2.11 bits per heavy atom. The molecule has 1 saturated heterocycles. The van der Waals surface area contributed by atoms with Crippen molar-refractivity contribution < 1.29 is 9.53 Å². The molecule has 18 heavy (non-hydrogen) atoms. The van der Waals surface area contributed by atoms with Crippen molar-refractivity contribution in [2.45, 2.75) is 52.2 Å². The summed E-state index contributed by atoms with van der Waals surface area (Å²) in [7, 11) is 0. The molecule has 0 aliphatic carbocycles. The molecule has 1 fully saturated rings. The maximum absolute atomic E-state index is 11.8. The molecule has 0 aromatic carbocycles. The van der Waals surface area contributed by atoms with Crippen molar-refractivity contribution in [1.29, 1.82) is 0 Å². The van der Waals surface area contributed by atoms with Gasteiger partial charge in [0.1, 0.15) is 0 Å². The maximum atomic E-state index is 11.8. The second-order valence-corrected chi connectivity index (χ2v) is 5.45. The zero-order chi connectivity index (χ0) is 12.8. The van der Waals surface area contributed by atoms with Gasteiger partial charge in [-0.3, -0.25) is 4.79 Å². The fourth-order valence-electron chi connectivity index (χ4n) is 2.25. The number of rotatable bonds is 6. The van der Waals surface area contributed by atoms with Gasteiger partial charge in [-0.2, -0.15) is 0 Å². The van der Waals surface area contributed by atoms with E-state index in [1.165, 1.54) is 0 Å². The van der Waals surface area contributed by atoms with Gasteiger partial charge in [-0.25, -0.2) is 0 Å². The Morgan fingerprint density at radius 3 is 2.61 bits per heavy atom. The van der Waals surface area contributed by atoms with Crippen LogP contribution >= 0.6 is 12.4 Å². The summed E-state index contributed by atoms with van der Waals surface area (Å²) in [6.07, 6.45) is 2.69. The van der Waals surface area contributed by atoms with E-state index in [2.05, 4.69) is 20.8 Å². The first-order valence-electron chi connectivity index (χ1n) is 6.64. The van der Waals surface area contributed by atoms with Gasteiger partial charge in [0.25, 0.3) is 0 Å². The first kappa shape index (κ1) is 17.7. The van der Waals surface area contributed by atoms with Crippen molar-refractivity contribution in [2.75, 3.05) is 19.7 Å². The number of ether oxygens (including phenoxy) is 1. The number of halogens is 1. The van der Waals surface area contributed by atoms with E-state index in [0.717, 1.165) is 19.4 Å². The highest BCUT2D eigenvalue weighted by atomic mass is 35.5. The summed E-state index contributed by atoms with van der Waals surface area (Å²) >= 11 is 0. The lowest BCUT2D eigenvalue weighted by Gasteiger charge is -2.18. The second kappa shape index (κ2) is 8.73. The van der Waals surface area contributed by atoms with Crippen LogP contribution in [0, 0.1) is 5.92 Å². The van der Waals surface area contributed by atoms with Gasteiger partial charge in [-0.1, -0.05) is 13.8 Å². The third-order valence-corrected chi connectivity index (χ3v) is 3.10. The Morgan fingerprint density at radius 1 is 1.44 bits per heavy atom. The van der Waals surface area contributed by atoms with Gasteiger partial charge in [-0.05, 0) is 25.7 Å². The van der Waals surface area contributed by atoms with E-state index in [4.69, 9.17) is 10.5 Å². The van der Waals surface area contributed by atoms with Gasteiger partial charge in [0, 0.05) is 19.1 Å². The summed E-state index contributed by atoms with van der Waals surface area (Å²) < 4.78 is 5.63. The molecule has 1 heterocycles. The number of carbonyl (C=O) groups excluding carboxylic acids is 1. The van der Waals surface area contributed by atoms with Gasteiger partial charge >= 0.3 is 0 Å². The number of likely N-dealkylation sites (tertiary alicyclic amines) is 1. The Balaban J connectivity index is 0.00000289. The molecule has 2 atom stereocenters. The number of carbonyl (C=O) groups is 1.